The van der Waals surface area contributed by atoms with Crippen LogP contribution in [0.25, 0.3) is 6.08 Å². The van der Waals surface area contributed by atoms with E-state index >= 15 is 0 Å². The Morgan fingerprint density at radius 3 is 3.08 bits per heavy atom. The Hall–Kier alpha value is -2.27. The van der Waals surface area contributed by atoms with Crippen LogP contribution in [-0.4, -0.2) is 41.9 Å². The molecule has 3 heterocycles. The van der Waals surface area contributed by atoms with Gasteiger partial charge in [0.1, 0.15) is 6.61 Å². The number of benzene rings is 1. The highest BCUT2D eigenvalue weighted by Gasteiger charge is 2.30. The van der Waals surface area contributed by atoms with Gasteiger partial charge in [-0.25, -0.2) is 0 Å². The van der Waals surface area contributed by atoms with Crippen LogP contribution in [0.15, 0.2) is 23.8 Å². The predicted molar refractivity (Wildman–Crippen MR) is 101 cm³/mol. The van der Waals surface area contributed by atoms with Crippen LogP contribution in [0.3, 0.4) is 0 Å². The Bertz CT molecular complexity index is 851. The van der Waals surface area contributed by atoms with E-state index in [1.54, 1.807) is 7.11 Å². The maximum absolute atomic E-state index is 6.00. The standard InChI is InChI=1S/C21H25N3O2/c1-25-19-7-3-6-16-10-14(13-26-21(16)19)11-24-9-8-18-17(12-24)20(23-22-18)15-4-2-5-15/h3,6-7,10,15H,2,4-5,8-9,11-13H2,1H3,(H,22,23). The van der Waals surface area contributed by atoms with Crippen molar-refractivity contribution < 1.29 is 9.47 Å². The molecule has 5 heteroatoms. The Morgan fingerprint density at radius 1 is 1.35 bits per heavy atom. The molecule has 0 unspecified atom stereocenters. The Morgan fingerprint density at radius 2 is 2.27 bits per heavy atom. The van der Waals surface area contributed by atoms with Gasteiger partial charge < -0.3 is 9.47 Å². The first-order valence-corrected chi connectivity index (χ1v) is 9.59. The summed E-state index contributed by atoms with van der Waals surface area (Å²) in [6, 6.07) is 6.06. The van der Waals surface area contributed by atoms with Gasteiger partial charge in [-0.2, -0.15) is 5.10 Å². The van der Waals surface area contributed by atoms with E-state index in [4.69, 9.17) is 9.47 Å². The monoisotopic (exact) mass is 351 g/mol. The third kappa shape index (κ3) is 2.71. The summed E-state index contributed by atoms with van der Waals surface area (Å²) in [7, 11) is 1.69. The number of aromatic amines is 1. The molecule has 0 radical (unpaired) electrons. The van der Waals surface area contributed by atoms with Gasteiger partial charge in [0.05, 0.1) is 12.8 Å². The van der Waals surface area contributed by atoms with Gasteiger partial charge in [0.25, 0.3) is 0 Å². The van der Waals surface area contributed by atoms with Crippen LogP contribution in [0, 0.1) is 0 Å². The van der Waals surface area contributed by atoms with Crippen LogP contribution in [0.4, 0.5) is 0 Å². The van der Waals surface area contributed by atoms with Crippen molar-refractivity contribution in [2.24, 2.45) is 0 Å². The number of nitrogens with one attached hydrogen (secondary N) is 1. The van der Waals surface area contributed by atoms with Crippen molar-refractivity contribution in [3.8, 4) is 11.5 Å². The molecule has 26 heavy (non-hydrogen) atoms. The fraction of sp³-hybridized carbons (Fsp3) is 0.476. The summed E-state index contributed by atoms with van der Waals surface area (Å²) in [6.45, 7) is 3.66. The fourth-order valence-electron chi connectivity index (χ4n) is 4.29. The number of ether oxygens (including phenoxy) is 2. The molecule has 1 aromatic heterocycles. The van der Waals surface area contributed by atoms with Crippen LogP contribution < -0.4 is 9.47 Å². The van der Waals surface area contributed by atoms with Crippen molar-refractivity contribution in [1.29, 1.82) is 0 Å². The summed E-state index contributed by atoms with van der Waals surface area (Å²) in [6.07, 6.45) is 7.28. The molecule has 5 rings (SSSR count). The lowest BCUT2D eigenvalue weighted by atomic mass is 9.81. The molecule has 0 spiro atoms. The minimum Gasteiger partial charge on any atom is -0.493 e. The number of fused-ring (bicyclic) bond motifs is 2. The second-order valence-corrected chi connectivity index (χ2v) is 7.62. The highest BCUT2D eigenvalue weighted by atomic mass is 16.5. The summed E-state index contributed by atoms with van der Waals surface area (Å²) < 4.78 is 11.4. The number of H-pyrrole nitrogens is 1. The topological polar surface area (TPSA) is 50.4 Å². The van der Waals surface area contributed by atoms with Crippen LogP contribution in [0.1, 0.15) is 47.7 Å². The molecular formula is C21H25N3O2. The molecule has 1 aliphatic carbocycles. The van der Waals surface area contributed by atoms with Gasteiger partial charge in [-0.05, 0) is 30.6 Å². The number of rotatable bonds is 4. The molecule has 1 fully saturated rings. The third-order valence-corrected chi connectivity index (χ3v) is 5.95. The van der Waals surface area contributed by atoms with E-state index in [1.807, 2.05) is 12.1 Å². The lowest BCUT2D eigenvalue weighted by molar-refractivity contribution is 0.251. The number of para-hydroxylation sites is 1. The van der Waals surface area contributed by atoms with Crippen LogP contribution in [0.2, 0.25) is 0 Å². The van der Waals surface area contributed by atoms with Gasteiger partial charge in [-0.15, -0.1) is 0 Å². The highest BCUT2D eigenvalue weighted by Crippen LogP contribution is 2.39. The zero-order valence-electron chi connectivity index (χ0n) is 15.3. The lowest BCUT2D eigenvalue weighted by Crippen LogP contribution is -2.34. The minimum atomic E-state index is 0.637. The Balaban J connectivity index is 1.33. The second-order valence-electron chi connectivity index (χ2n) is 7.62. The van der Waals surface area contributed by atoms with Crippen molar-refractivity contribution in [2.75, 3.05) is 26.8 Å². The number of hydrogen-bond acceptors (Lipinski definition) is 4. The Kier molecular flexibility index (Phi) is 3.97. The van der Waals surface area contributed by atoms with Crippen LogP contribution in [0.5, 0.6) is 11.5 Å². The summed E-state index contributed by atoms with van der Waals surface area (Å²) >= 11 is 0. The molecule has 0 amide bonds. The molecule has 2 aromatic rings. The van der Waals surface area contributed by atoms with Crippen molar-refractivity contribution in [3.05, 3.63) is 46.3 Å². The molecule has 0 saturated heterocycles. The molecule has 1 aromatic carbocycles. The molecule has 1 saturated carbocycles. The second kappa shape index (κ2) is 6.47. The molecule has 5 nitrogen and oxygen atoms in total. The van der Waals surface area contributed by atoms with Crippen molar-refractivity contribution >= 4 is 6.08 Å². The van der Waals surface area contributed by atoms with E-state index in [2.05, 4.69) is 27.2 Å². The van der Waals surface area contributed by atoms with Gasteiger partial charge >= 0.3 is 0 Å². The summed E-state index contributed by atoms with van der Waals surface area (Å²) in [5.41, 5.74) is 6.58. The summed E-state index contributed by atoms with van der Waals surface area (Å²) in [5.74, 6) is 2.36. The maximum Gasteiger partial charge on any atom is 0.168 e. The molecule has 3 aliphatic rings. The van der Waals surface area contributed by atoms with Gasteiger partial charge in [-0.3, -0.25) is 10.00 Å². The SMILES string of the molecule is COc1cccc2c1OCC(CN1CCc3[nH]nc(C4CCC4)c3C1)=C2. The van der Waals surface area contributed by atoms with Gasteiger partial charge in [-0.1, -0.05) is 18.6 Å². The first-order chi connectivity index (χ1) is 12.8. The largest absolute Gasteiger partial charge is 0.493 e. The van der Waals surface area contributed by atoms with E-state index in [0.717, 1.165) is 43.1 Å². The van der Waals surface area contributed by atoms with Gasteiger partial charge in [0, 0.05) is 48.8 Å². The lowest BCUT2D eigenvalue weighted by Gasteiger charge is -2.31. The zero-order chi connectivity index (χ0) is 17.5. The van der Waals surface area contributed by atoms with E-state index in [9.17, 15) is 0 Å². The van der Waals surface area contributed by atoms with Gasteiger partial charge in [0.15, 0.2) is 11.5 Å². The number of nitrogens with zero attached hydrogens (tertiary/aromatic N) is 2. The molecule has 136 valence electrons. The summed E-state index contributed by atoms with van der Waals surface area (Å²) in [5, 5.41) is 7.94. The predicted octanol–water partition coefficient (Wildman–Crippen LogP) is 3.52. The number of methoxy groups -OCH3 is 1. The van der Waals surface area contributed by atoms with E-state index < -0.39 is 0 Å². The zero-order valence-corrected chi connectivity index (χ0v) is 15.3. The molecule has 0 bridgehead atoms. The average molecular weight is 351 g/mol. The summed E-state index contributed by atoms with van der Waals surface area (Å²) in [4.78, 5) is 2.53. The smallest absolute Gasteiger partial charge is 0.168 e. The number of aromatic nitrogens is 2. The number of hydrogen-bond donors (Lipinski definition) is 1. The fourth-order valence-corrected chi connectivity index (χ4v) is 4.29. The minimum absolute atomic E-state index is 0.637. The normalized spacial score (nSPS) is 19.8. The Labute approximate surface area is 154 Å². The maximum atomic E-state index is 6.00. The van der Waals surface area contributed by atoms with Crippen LogP contribution in [-0.2, 0) is 13.0 Å². The van der Waals surface area contributed by atoms with Crippen molar-refractivity contribution in [1.82, 2.24) is 15.1 Å². The van der Waals surface area contributed by atoms with Crippen LogP contribution >= 0.6 is 0 Å². The average Bonchev–Trinajstić information content (AvgIpc) is 3.02. The first-order valence-electron chi connectivity index (χ1n) is 9.59. The van der Waals surface area contributed by atoms with Gasteiger partial charge in [0.2, 0.25) is 0 Å². The van der Waals surface area contributed by atoms with E-state index in [0.29, 0.717) is 12.5 Å². The first kappa shape index (κ1) is 15.9. The molecular weight excluding hydrogens is 326 g/mol. The third-order valence-electron chi connectivity index (χ3n) is 5.95. The molecule has 1 N–H and O–H groups in total. The highest BCUT2D eigenvalue weighted by molar-refractivity contribution is 5.66. The van der Waals surface area contributed by atoms with E-state index in [-0.39, 0.29) is 0 Å². The van der Waals surface area contributed by atoms with Crippen molar-refractivity contribution in [3.63, 3.8) is 0 Å². The molecule has 0 atom stereocenters. The van der Waals surface area contributed by atoms with Crippen molar-refractivity contribution in [2.45, 2.75) is 38.1 Å². The van der Waals surface area contributed by atoms with E-state index in [1.165, 1.54) is 41.8 Å². The molecule has 2 aliphatic heterocycles. The quantitative estimate of drug-likeness (QED) is 0.916.